The predicted octanol–water partition coefficient (Wildman–Crippen LogP) is 1.77. The Labute approximate surface area is 172 Å². The summed E-state index contributed by atoms with van der Waals surface area (Å²) in [6, 6.07) is 3.07. The van der Waals surface area contributed by atoms with Crippen molar-refractivity contribution in [1.29, 1.82) is 0 Å². The van der Waals surface area contributed by atoms with E-state index >= 15 is 0 Å². The van der Waals surface area contributed by atoms with Gasteiger partial charge >= 0.3 is 0 Å². The molecule has 1 amide bonds. The van der Waals surface area contributed by atoms with Crippen LogP contribution >= 0.6 is 12.2 Å². The first-order valence-corrected chi connectivity index (χ1v) is 10.1. The van der Waals surface area contributed by atoms with Crippen LogP contribution in [0.5, 0.6) is 5.75 Å². The number of carbonyl (C=O) groups is 1. The smallest absolute Gasteiger partial charge is 0.291 e. The third-order valence-corrected chi connectivity index (χ3v) is 6.68. The number of nitrogens with one attached hydrogen (secondary N) is 1. The highest BCUT2D eigenvalue weighted by Crippen LogP contribution is 2.58. The van der Waals surface area contributed by atoms with Gasteiger partial charge in [-0.1, -0.05) is 12.2 Å². The molecule has 0 radical (unpaired) electrons. The van der Waals surface area contributed by atoms with Crippen molar-refractivity contribution in [2.75, 3.05) is 18.6 Å². The van der Waals surface area contributed by atoms with Crippen LogP contribution in [0.15, 0.2) is 24.7 Å². The molecule has 3 aliphatic carbocycles. The summed E-state index contributed by atoms with van der Waals surface area (Å²) in [6.07, 6.45) is 5.08. The van der Waals surface area contributed by atoms with E-state index in [4.69, 9.17) is 17.0 Å². The zero-order valence-electron chi connectivity index (χ0n) is 15.9. The van der Waals surface area contributed by atoms with E-state index in [9.17, 15) is 9.18 Å². The number of anilines is 1. The second-order valence-electron chi connectivity index (χ2n) is 8.13. The molecule has 2 atom stereocenters. The zero-order valence-corrected chi connectivity index (χ0v) is 16.7. The Bertz CT molecular complexity index is 975. The molecule has 29 heavy (non-hydrogen) atoms. The monoisotopic (exact) mass is 416 g/mol. The van der Waals surface area contributed by atoms with Crippen LogP contribution in [-0.2, 0) is 6.54 Å². The molecule has 6 rings (SSSR count). The lowest BCUT2D eigenvalue weighted by molar-refractivity contribution is 0.0732. The van der Waals surface area contributed by atoms with Crippen LogP contribution in [0.1, 0.15) is 29.9 Å². The molecule has 152 valence electrons. The Morgan fingerprint density at radius 1 is 1.41 bits per heavy atom. The van der Waals surface area contributed by atoms with Gasteiger partial charge in [0.1, 0.15) is 29.6 Å². The molecule has 3 heterocycles. The number of hydrogen-bond donors (Lipinski definition) is 1. The molecule has 4 aliphatic rings. The number of nitrogens with zero attached hydrogens (tertiary/aromatic N) is 5. The number of likely N-dealkylation sites (N-methyl/N-ethyl adjacent to an activating group) is 1. The van der Waals surface area contributed by atoms with Crippen LogP contribution < -0.4 is 15.0 Å². The molecule has 8 nitrogen and oxygen atoms in total. The molecule has 1 unspecified atom stereocenters. The number of alkyl halides is 1. The number of pyridine rings is 1. The number of amides is 1. The Morgan fingerprint density at radius 3 is 3.00 bits per heavy atom. The standard InChI is InChI=1S/C19H21FN6O2S/c1-25-16-14(3-2-4-21-16)28-9-13(18(25)29)23-17(27)15-22-10-26(24-15)8-12-7-19(20)5-11(12)6-19/h2-4,10-13H,5-9H2,1H3,(H,23,27)/t11?,12?,13-,19?/m0/s1. The van der Waals surface area contributed by atoms with Gasteiger partial charge in [-0.3, -0.25) is 9.48 Å². The number of halogens is 1. The summed E-state index contributed by atoms with van der Waals surface area (Å²) in [5, 5.41) is 7.13. The number of thiocarbonyl (C=S) groups is 1. The molecule has 1 aliphatic heterocycles. The van der Waals surface area contributed by atoms with Crippen molar-refractivity contribution in [2.45, 2.75) is 37.5 Å². The van der Waals surface area contributed by atoms with Gasteiger partial charge in [0.05, 0.1) is 0 Å². The minimum absolute atomic E-state index is 0.0654. The van der Waals surface area contributed by atoms with Gasteiger partial charge in [0.2, 0.25) is 5.82 Å². The Morgan fingerprint density at radius 2 is 2.24 bits per heavy atom. The number of ether oxygens (including phenoxy) is 1. The van der Waals surface area contributed by atoms with E-state index in [0.29, 0.717) is 48.3 Å². The number of aromatic nitrogens is 4. The summed E-state index contributed by atoms with van der Waals surface area (Å²) in [5.74, 6) is 1.54. The number of hydrogen-bond acceptors (Lipinski definition) is 6. The fourth-order valence-electron chi connectivity index (χ4n) is 4.61. The van der Waals surface area contributed by atoms with Crippen LogP contribution in [0.25, 0.3) is 0 Å². The van der Waals surface area contributed by atoms with Crippen molar-refractivity contribution in [1.82, 2.24) is 25.1 Å². The third-order valence-electron chi connectivity index (χ3n) is 6.12. The molecule has 2 aromatic rings. The van der Waals surface area contributed by atoms with Crippen LogP contribution in [0.2, 0.25) is 0 Å². The molecule has 1 N–H and O–H groups in total. The lowest BCUT2D eigenvalue weighted by Gasteiger charge is -2.30. The molecule has 3 saturated carbocycles. The summed E-state index contributed by atoms with van der Waals surface area (Å²) in [7, 11) is 1.79. The average Bonchev–Trinajstić information content (AvgIpc) is 3.34. The molecule has 3 fully saturated rings. The molecule has 0 saturated heterocycles. The summed E-state index contributed by atoms with van der Waals surface area (Å²) in [4.78, 5) is 23.3. The number of fused-ring (bicyclic) bond motifs is 2. The SMILES string of the molecule is CN1C(=S)[C@@H](NC(=O)c2ncn(CC3CC4(F)CC3C4)n2)COc2cccnc21. The topological polar surface area (TPSA) is 85.2 Å². The Kier molecular flexibility index (Phi) is 4.27. The maximum Gasteiger partial charge on any atom is 0.291 e. The highest BCUT2D eigenvalue weighted by Gasteiger charge is 2.56. The van der Waals surface area contributed by atoms with Gasteiger partial charge in [-0.25, -0.2) is 14.4 Å². The first-order valence-electron chi connectivity index (χ1n) is 9.66. The minimum Gasteiger partial charge on any atom is -0.487 e. The fourth-order valence-corrected chi connectivity index (χ4v) is 4.83. The number of rotatable bonds is 4. The lowest BCUT2D eigenvalue weighted by atomic mass is 9.80. The van der Waals surface area contributed by atoms with Gasteiger partial charge in [0, 0.05) is 19.8 Å². The van der Waals surface area contributed by atoms with E-state index in [0.717, 1.165) is 0 Å². The quantitative estimate of drug-likeness (QED) is 0.761. The number of carbonyl (C=O) groups excluding carboxylic acids is 1. The van der Waals surface area contributed by atoms with Crippen molar-refractivity contribution in [2.24, 2.45) is 11.8 Å². The fraction of sp³-hybridized carbons (Fsp3) is 0.526. The third kappa shape index (κ3) is 3.25. The Hall–Kier alpha value is -2.62. The van der Waals surface area contributed by atoms with E-state index in [1.54, 1.807) is 28.9 Å². The predicted molar refractivity (Wildman–Crippen MR) is 107 cm³/mol. The highest BCUT2D eigenvalue weighted by molar-refractivity contribution is 7.80. The minimum atomic E-state index is -0.968. The van der Waals surface area contributed by atoms with Gasteiger partial charge < -0.3 is 15.0 Å². The van der Waals surface area contributed by atoms with Crippen LogP contribution in [-0.4, -0.2) is 56.0 Å². The normalized spacial score (nSPS) is 30.2. The maximum absolute atomic E-state index is 14.1. The van der Waals surface area contributed by atoms with E-state index in [1.165, 1.54) is 6.33 Å². The molecule has 10 heteroatoms. The van der Waals surface area contributed by atoms with Gasteiger partial charge in [0.25, 0.3) is 5.91 Å². The summed E-state index contributed by atoms with van der Waals surface area (Å²) in [6.45, 7) is 0.780. The van der Waals surface area contributed by atoms with E-state index in [2.05, 4.69) is 20.4 Å². The van der Waals surface area contributed by atoms with Gasteiger partial charge in [-0.2, -0.15) is 0 Å². The van der Waals surface area contributed by atoms with Crippen LogP contribution in [0.3, 0.4) is 0 Å². The summed E-state index contributed by atoms with van der Waals surface area (Å²) >= 11 is 5.52. The average molecular weight is 416 g/mol. The van der Waals surface area contributed by atoms with Crippen molar-refractivity contribution in [3.8, 4) is 5.75 Å². The van der Waals surface area contributed by atoms with E-state index in [-0.39, 0.29) is 18.3 Å². The molecule has 2 aromatic heterocycles. The molecule has 0 spiro atoms. The summed E-state index contributed by atoms with van der Waals surface area (Å²) in [5.41, 5.74) is -0.968. The van der Waals surface area contributed by atoms with Gasteiger partial charge in [0.15, 0.2) is 11.6 Å². The van der Waals surface area contributed by atoms with Crippen molar-refractivity contribution < 1.29 is 13.9 Å². The second kappa shape index (κ2) is 6.72. The Balaban J connectivity index is 1.24. The van der Waals surface area contributed by atoms with E-state index in [1.807, 2.05) is 6.07 Å². The molecule has 0 aromatic carbocycles. The van der Waals surface area contributed by atoms with Crippen LogP contribution in [0, 0.1) is 11.8 Å². The van der Waals surface area contributed by atoms with Gasteiger partial charge in [-0.05, 0) is 43.2 Å². The molecular weight excluding hydrogens is 395 g/mol. The second-order valence-corrected chi connectivity index (χ2v) is 8.55. The highest BCUT2D eigenvalue weighted by atomic mass is 32.1. The summed E-state index contributed by atoms with van der Waals surface area (Å²) < 4.78 is 21.5. The molecule has 2 bridgehead atoms. The van der Waals surface area contributed by atoms with Crippen LogP contribution in [0.4, 0.5) is 10.2 Å². The first kappa shape index (κ1) is 18.4. The maximum atomic E-state index is 14.1. The molecular formula is C19H21FN6O2S. The van der Waals surface area contributed by atoms with Crippen molar-refractivity contribution in [3.05, 3.63) is 30.5 Å². The first-order chi connectivity index (χ1) is 13.9. The zero-order chi connectivity index (χ0) is 20.2. The van der Waals surface area contributed by atoms with Gasteiger partial charge in [-0.15, -0.1) is 5.10 Å². The lowest BCUT2D eigenvalue weighted by Crippen LogP contribution is -2.48. The largest absolute Gasteiger partial charge is 0.487 e. The van der Waals surface area contributed by atoms with Crippen molar-refractivity contribution >= 4 is 28.9 Å². The van der Waals surface area contributed by atoms with E-state index < -0.39 is 17.6 Å². The van der Waals surface area contributed by atoms with Crippen molar-refractivity contribution in [3.63, 3.8) is 0 Å².